The van der Waals surface area contributed by atoms with Crippen molar-refractivity contribution in [2.75, 3.05) is 11.0 Å². The number of aromatic nitrogens is 1. The first-order valence-corrected chi connectivity index (χ1v) is 9.18. The second kappa shape index (κ2) is 9.55. The number of carboxylic acid groups (broad SMARTS) is 2. The molecule has 1 heterocycles. The molecule has 164 valence electrons. The summed E-state index contributed by atoms with van der Waals surface area (Å²) in [4.78, 5) is 23.2. The maximum Gasteiger partial charge on any atom is 0.490 e. The van der Waals surface area contributed by atoms with Crippen molar-refractivity contribution in [1.82, 2.24) is 9.71 Å². The quantitative estimate of drug-likeness (QED) is 0.241. The third-order valence-electron chi connectivity index (χ3n) is 3.10. The van der Waals surface area contributed by atoms with E-state index < -0.39 is 40.6 Å². The molecule has 0 aliphatic rings. The molecule has 0 bridgehead atoms. The molecular formula is C14H13ClF3N5O6S. The summed E-state index contributed by atoms with van der Waals surface area (Å²) in [5.74, 6) is -4.47. The SMILES string of the molecule is N=C(N)N(Cl)c1cncc2cc(S(=O)(=O)NCC(=O)O)ccc12.O=C(O)C(F)(F)F. The van der Waals surface area contributed by atoms with E-state index in [0.717, 1.165) is 4.42 Å². The number of nitrogens with zero attached hydrogens (tertiary/aromatic N) is 2. The van der Waals surface area contributed by atoms with Gasteiger partial charge in [0, 0.05) is 28.7 Å². The lowest BCUT2D eigenvalue weighted by molar-refractivity contribution is -0.192. The van der Waals surface area contributed by atoms with Crippen LogP contribution < -0.4 is 14.9 Å². The lowest BCUT2D eigenvalue weighted by atomic mass is 10.1. The Kier molecular flexibility index (Phi) is 7.92. The zero-order chi connectivity index (χ0) is 23.3. The second-order valence-corrected chi connectivity index (χ2v) is 7.33. The number of rotatable bonds is 5. The van der Waals surface area contributed by atoms with Crippen LogP contribution in [-0.2, 0) is 19.6 Å². The minimum atomic E-state index is -5.08. The smallest absolute Gasteiger partial charge is 0.480 e. The van der Waals surface area contributed by atoms with Crippen molar-refractivity contribution in [3.63, 3.8) is 0 Å². The minimum absolute atomic E-state index is 0.117. The van der Waals surface area contributed by atoms with Crippen molar-refractivity contribution in [2.24, 2.45) is 5.73 Å². The summed E-state index contributed by atoms with van der Waals surface area (Å²) in [5, 5.41) is 24.0. The zero-order valence-electron chi connectivity index (χ0n) is 14.5. The normalized spacial score (nSPS) is 11.3. The number of aliphatic carboxylic acids is 2. The predicted molar refractivity (Wildman–Crippen MR) is 98.5 cm³/mol. The maximum absolute atomic E-state index is 12.0. The van der Waals surface area contributed by atoms with Crippen LogP contribution >= 0.6 is 11.8 Å². The third kappa shape index (κ3) is 6.71. The summed E-state index contributed by atoms with van der Waals surface area (Å²) in [5.41, 5.74) is 5.63. The van der Waals surface area contributed by atoms with Gasteiger partial charge in [-0.15, -0.1) is 0 Å². The third-order valence-corrected chi connectivity index (χ3v) is 4.86. The van der Waals surface area contributed by atoms with Crippen LogP contribution in [0.2, 0.25) is 0 Å². The molecule has 0 fully saturated rings. The van der Waals surface area contributed by atoms with Gasteiger partial charge in [0.25, 0.3) is 0 Å². The Labute approximate surface area is 171 Å². The highest BCUT2D eigenvalue weighted by molar-refractivity contribution is 7.89. The van der Waals surface area contributed by atoms with Gasteiger partial charge in [-0.2, -0.15) is 17.9 Å². The van der Waals surface area contributed by atoms with Gasteiger partial charge in [0.1, 0.15) is 6.54 Å². The van der Waals surface area contributed by atoms with E-state index in [1.54, 1.807) is 0 Å². The molecule has 0 aliphatic heterocycles. The molecule has 0 amide bonds. The van der Waals surface area contributed by atoms with Gasteiger partial charge in [-0.25, -0.2) is 17.6 Å². The number of nitrogens with one attached hydrogen (secondary N) is 2. The average Bonchev–Trinajstić information content (AvgIpc) is 2.64. The average molecular weight is 472 g/mol. The lowest BCUT2D eigenvalue weighted by Crippen LogP contribution is -2.29. The fourth-order valence-electron chi connectivity index (χ4n) is 1.83. The van der Waals surface area contributed by atoms with E-state index in [1.165, 1.54) is 30.6 Å². The monoisotopic (exact) mass is 471 g/mol. The van der Waals surface area contributed by atoms with Crippen LogP contribution in [0, 0.1) is 5.41 Å². The van der Waals surface area contributed by atoms with Gasteiger partial charge in [0.05, 0.1) is 16.8 Å². The van der Waals surface area contributed by atoms with Crippen LogP contribution in [0.25, 0.3) is 10.8 Å². The molecule has 0 atom stereocenters. The molecule has 0 saturated carbocycles. The first-order valence-electron chi connectivity index (χ1n) is 7.36. The van der Waals surface area contributed by atoms with Gasteiger partial charge in [-0.3, -0.25) is 15.2 Å². The topological polar surface area (TPSA) is 187 Å². The zero-order valence-corrected chi connectivity index (χ0v) is 16.1. The summed E-state index contributed by atoms with van der Waals surface area (Å²) in [6.07, 6.45) is -2.28. The molecule has 16 heteroatoms. The molecule has 6 N–H and O–H groups in total. The predicted octanol–water partition coefficient (Wildman–Crippen LogP) is 1.08. The number of pyridine rings is 1. The highest BCUT2D eigenvalue weighted by atomic mass is 35.5. The Morgan fingerprint density at radius 2 is 1.83 bits per heavy atom. The number of halogens is 4. The van der Waals surface area contributed by atoms with Crippen LogP contribution in [0.15, 0.2) is 35.5 Å². The molecule has 1 aromatic heterocycles. The van der Waals surface area contributed by atoms with Crippen molar-refractivity contribution in [3.8, 4) is 0 Å². The number of benzene rings is 1. The van der Waals surface area contributed by atoms with Crippen molar-refractivity contribution < 1.29 is 41.4 Å². The van der Waals surface area contributed by atoms with E-state index >= 15 is 0 Å². The number of anilines is 1. The number of carboxylic acids is 2. The fourth-order valence-corrected chi connectivity index (χ4v) is 2.98. The minimum Gasteiger partial charge on any atom is -0.480 e. The Hall–Kier alpha value is -3.17. The van der Waals surface area contributed by atoms with Crippen LogP contribution in [0.4, 0.5) is 18.9 Å². The summed E-state index contributed by atoms with van der Waals surface area (Å²) in [6, 6.07) is 4.09. The molecule has 11 nitrogen and oxygen atoms in total. The van der Waals surface area contributed by atoms with Crippen molar-refractivity contribution in [1.29, 1.82) is 5.41 Å². The van der Waals surface area contributed by atoms with Gasteiger partial charge >= 0.3 is 18.1 Å². The molecule has 0 unspecified atom stereocenters. The summed E-state index contributed by atoms with van der Waals surface area (Å²) < 4.78 is 58.6. The van der Waals surface area contributed by atoms with E-state index in [0.29, 0.717) is 16.5 Å². The van der Waals surface area contributed by atoms with E-state index in [1.807, 2.05) is 4.72 Å². The molecule has 0 spiro atoms. The maximum atomic E-state index is 12.0. The van der Waals surface area contributed by atoms with Crippen molar-refractivity contribution >= 4 is 56.2 Å². The number of guanidine groups is 1. The number of nitrogens with two attached hydrogens (primary N) is 1. The Bertz CT molecular complexity index is 1080. The molecule has 1 aromatic carbocycles. The second-order valence-electron chi connectivity index (χ2n) is 5.23. The van der Waals surface area contributed by atoms with Crippen LogP contribution in [0.1, 0.15) is 0 Å². The Balaban J connectivity index is 0.000000553. The number of alkyl halides is 3. The van der Waals surface area contributed by atoms with Crippen molar-refractivity contribution in [3.05, 3.63) is 30.6 Å². The molecule has 0 radical (unpaired) electrons. The van der Waals surface area contributed by atoms with Crippen LogP contribution in [0.5, 0.6) is 0 Å². The number of hydrogen-bond acceptors (Lipinski definition) is 6. The number of fused-ring (bicyclic) bond motifs is 1. The molecule has 2 rings (SSSR count). The Morgan fingerprint density at radius 3 is 2.30 bits per heavy atom. The molecule has 30 heavy (non-hydrogen) atoms. The Morgan fingerprint density at radius 1 is 1.27 bits per heavy atom. The van der Waals surface area contributed by atoms with E-state index in [4.69, 9.17) is 37.9 Å². The number of hydrogen-bond donors (Lipinski definition) is 5. The van der Waals surface area contributed by atoms with Gasteiger partial charge in [-0.1, -0.05) is 6.07 Å². The largest absolute Gasteiger partial charge is 0.490 e. The van der Waals surface area contributed by atoms with Gasteiger partial charge in [-0.05, 0) is 12.1 Å². The summed E-state index contributed by atoms with van der Waals surface area (Å²) >= 11 is 5.88. The van der Waals surface area contributed by atoms with E-state index in [9.17, 15) is 26.4 Å². The molecular weight excluding hydrogens is 459 g/mol. The fraction of sp³-hybridized carbons (Fsp3) is 0.143. The van der Waals surface area contributed by atoms with Crippen molar-refractivity contribution in [2.45, 2.75) is 11.1 Å². The van der Waals surface area contributed by atoms with Gasteiger partial charge in [0.2, 0.25) is 16.0 Å². The summed E-state index contributed by atoms with van der Waals surface area (Å²) in [6.45, 7) is -0.724. The van der Waals surface area contributed by atoms with E-state index in [-0.39, 0.29) is 4.90 Å². The standard InChI is InChI=1S/C12H12ClN5O4S.C2HF3O2/c13-18(12(14)15)10-5-16-4-7-3-8(1-2-9(7)10)23(21,22)17-6-11(19)20;3-2(4,5)1(6)7/h1-5,17H,6H2,(H3,14,15)(H,19,20);(H,6,7). The summed E-state index contributed by atoms with van der Waals surface area (Å²) in [7, 11) is -3.97. The highest BCUT2D eigenvalue weighted by Gasteiger charge is 2.38. The number of sulfonamides is 1. The highest BCUT2D eigenvalue weighted by Crippen LogP contribution is 2.28. The molecule has 2 aromatic rings. The number of carbonyl (C=O) groups is 2. The van der Waals surface area contributed by atoms with Gasteiger partial charge in [0.15, 0.2) is 0 Å². The molecule has 0 aliphatic carbocycles. The van der Waals surface area contributed by atoms with Gasteiger partial charge < -0.3 is 15.9 Å². The van der Waals surface area contributed by atoms with E-state index in [2.05, 4.69) is 4.98 Å². The first-order chi connectivity index (χ1) is 13.7. The van der Waals surface area contributed by atoms with Crippen LogP contribution in [-0.4, -0.2) is 54.2 Å². The molecule has 0 saturated heterocycles. The first kappa shape index (κ1) is 24.9. The lowest BCUT2D eigenvalue weighted by Gasteiger charge is -2.15. The van der Waals surface area contributed by atoms with Crippen LogP contribution in [0.3, 0.4) is 0 Å².